The minimum absolute atomic E-state index is 0.0526. The van der Waals surface area contributed by atoms with Gasteiger partial charge in [0.25, 0.3) is 5.91 Å². The average Bonchev–Trinajstić information content (AvgIpc) is 3.23. The van der Waals surface area contributed by atoms with Crippen molar-refractivity contribution in [2.45, 2.75) is 38.1 Å². The van der Waals surface area contributed by atoms with Gasteiger partial charge in [0.2, 0.25) is 0 Å². The maximum atomic E-state index is 13.1. The second-order valence-electron chi connectivity index (χ2n) is 9.00. The minimum atomic E-state index is -0.0526. The number of hydrogen-bond donors (Lipinski definition) is 3. The molecule has 1 aliphatic carbocycles. The first-order valence-electron chi connectivity index (χ1n) is 10.9. The number of piperidine rings is 1. The Kier molecular flexibility index (Phi) is 4.69. The molecule has 3 unspecified atom stereocenters. The van der Waals surface area contributed by atoms with E-state index in [0.29, 0.717) is 5.92 Å². The summed E-state index contributed by atoms with van der Waals surface area (Å²) in [6.07, 6.45) is 7.47. The van der Waals surface area contributed by atoms with Crippen LogP contribution in [0.3, 0.4) is 0 Å². The molecule has 156 valence electrons. The zero-order valence-corrected chi connectivity index (χ0v) is 17.2. The predicted molar refractivity (Wildman–Crippen MR) is 117 cm³/mol. The maximum absolute atomic E-state index is 13.1. The number of anilines is 1. The number of carbonyl (C=O) groups excluding carboxylic acids is 1. The van der Waals surface area contributed by atoms with Gasteiger partial charge in [0.05, 0.1) is 6.04 Å². The van der Waals surface area contributed by atoms with Gasteiger partial charge in [-0.05, 0) is 67.0 Å². The van der Waals surface area contributed by atoms with Crippen LogP contribution >= 0.6 is 0 Å². The van der Waals surface area contributed by atoms with Gasteiger partial charge in [0.15, 0.2) is 0 Å². The number of nitrogens with one attached hydrogen (secondary N) is 1. The zero-order chi connectivity index (χ0) is 20.8. The molecule has 1 fully saturated rings. The molecule has 2 aromatic rings. The second kappa shape index (κ2) is 7.38. The van der Waals surface area contributed by atoms with Crippen LogP contribution in [0, 0.1) is 11.8 Å². The monoisotopic (exact) mass is 404 g/mol. The highest BCUT2D eigenvalue weighted by Crippen LogP contribution is 2.51. The van der Waals surface area contributed by atoms with Crippen LogP contribution in [0.4, 0.5) is 5.69 Å². The van der Waals surface area contributed by atoms with Crippen molar-refractivity contribution in [2.75, 3.05) is 18.4 Å². The number of benzene rings is 2. The van der Waals surface area contributed by atoms with E-state index in [1.165, 1.54) is 6.07 Å². The highest BCUT2D eigenvalue weighted by atomic mass is 16.3. The van der Waals surface area contributed by atoms with Crippen LogP contribution in [-0.2, 0) is 0 Å². The number of amides is 1. The van der Waals surface area contributed by atoms with E-state index < -0.39 is 0 Å². The summed E-state index contributed by atoms with van der Waals surface area (Å²) in [5.41, 5.74) is 3.71. The van der Waals surface area contributed by atoms with Crippen LogP contribution in [0.1, 0.15) is 59.6 Å². The minimum Gasteiger partial charge on any atom is -0.508 e. The molecular formula is C25H28N2O3. The third-order valence-corrected chi connectivity index (χ3v) is 7.03. The number of nitrogens with zero attached hydrogens (tertiary/aromatic N) is 1. The van der Waals surface area contributed by atoms with Crippen molar-refractivity contribution < 1.29 is 15.0 Å². The molecular weight excluding hydrogens is 376 g/mol. The van der Waals surface area contributed by atoms with Crippen molar-refractivity contribution >= 4 is 11.6 Å². The normalized spacial score (nSPS) is 25.5. The summed E-state index contributed by atoms with van der Waals surface area (Å²) in [5, 5.41) is 23.7. The molecule has 0 spiro atoms. The van der Waals surface area contributed by atoms with Gasteiger partial charge in [-0.25, -0.2) is 0 Å². The fourth-order valence-corrected chi connectivity index (χ4v) is 5.22. The Bertz CT molecular complexity index is 1010. The summed E-state index contributed by atoms with van der Waals surface area (Å²) in [7, 11) is 0. The fourth-order valence-electron chi connectivity index (χ4n) is 5.22. The number of phenolic OH excluding ortho intramolecular Hbond substituents is 2. The lowest BCUT2D eigenvalue weighted by molar-refractivity contribution is 0.0697. The van der Waals surface area contributed by atoms with E-state index in [1.54, 1.807) is 12.1 Å². The molecule has 1 saturated heterocycles. The number of carbonyl (C=O) groups is 1. The predicted octanol–water partition coefficient (Wildman–Crippen LogP) is 4.80. The molecule has 0 saturated carbocycles. The molecule has 2 aliphatic heterocycles. The molecule has 3 aliphatic rings. The van der Waals surface area contributed by atoms with Crippen molar-refractivity contribution in [1.82, 2.24) is 4.90 Å². The number of fused-ring (bicyclic) bond motifs is 3. The van der Waals surface area contributed by atoms with Crippen LogP contribution in [0.25, 0.3) is 0 Å². The van der Waals surface area contributed by atoms with Gasteiger partial charge >= 0.3 is 0 Å². The Morgan fingerprint density at radius 1 is 1.07 bits per heavy atom. The fraction of sp³-hybridized carbons (Fsp3) is 0.400. The first-order chi connectivity index (χ1) is 14.5. The van der Waals surface area contributed by atoms with Crippen molar-refractivity contribution in [3.63, 3.8) is 0 Å². The van der Waals surface area contributed by atoms with E-state index in [1.807, 2.05) is 17.0 Å². The lowest BCUT2D eigenvalue weighted by Gasteiger charge is -2.38. The summed E-state index contributed by atoms with van der Waals surface area (Å²) in [6, 6.07) is 10.7. The highest BCUT2D eigenvalue weighted by molar-refractivity contribution is 5.95. The van der Waals surface area contributed by atoms with E-state index in [9.17, 15) is 15.0 Å². The SMILES string of the molecule is CC1CCN(C(=O)c2ccc3c(c2)C2C=CCC2C(c2ccc(O)cc2O)N3)CC1. The molecule has 0 radical (unpaired) electrons. The molecule has 5 heteroatoms. The highest BCUT2D eigenvalue weighted by Gasteiger charge is 2.39. The standard InChI is InChI=1S/C25H28N2O3/c1-15-9-11-27(12-10-15)25(30)16-5-8-22-21(13-16)18-3-2-4-19(18)24(26-22)20-7-6-17(28)14-23(20)29/h2-3,5-8,13-15,18-19,24,26,28-29H,4,9-12H2,1H3. The van der Waals surface area contributed by atoms with Crippen molar-refractivity contribution in [3.8, 4) is 11.5 Å². The first kappa shape index (κ1) is 19.0. The summed E-state index contributed by atoms with van der Waals surface area (Å²) < 4.78 is 0. The van der Waals surface area contributed by atoms with Gasteiger partial charge < -0.3 is 20.4 Å². The molecule has 3 N–H and O–H groups in total. The topological polar surface area (TPSA) is 72.8 Å². The largest absolute Gasteiger partial charge is 0.508 e. The van der Waals surface area contributed by atoms with Gasteiger partial charge in [0, 0.05) is 41.9 Å². The number of rotatable bonds is 2. The lowest BCUT2D eigenvalue weighted by atomic mass is 9.76. The average molecular weight is 405 g/mol. The van der Waals surface area contributed by atoms with Crippen LogP contribution in [0.15, 0.2) is 48.6 Å². The number of likely N-dealkylation sites (tertiary alicyclic amines) is 1. The van der Waals surface area contributed by atoms with Crippen molar-refractivity contribution in [2.24, 2.45) is 11.8 Å². The van der Waals surface area contributed by atoms with Gasteiger partial charge in [-0.2, -0.15) is 0 Å². The molecule has 3 atom stereocenters. The van der Waals surface area contributed by atoms with Crippen molar-refractivity contribution in [1.29, 1.82) is 0 Å². The van der Waals surface area contributed by atoms with E-state index in [-0.39, 0.29) is 35.3 Å². The third kappa shape index (κ3) is 3.22. The Hall–Kier alpha value is -2.95. The van der Waals surface area contributed by atoms with E-state index in [0.717, 1.165) is 54.7 Å². The van der Waals surface area contributed by atoms with Crippen LogP contribution in [-0.4, -0.2) is 34.1 Å². The summed E-state index contributed by atoms with van der Waals surface area (Å²) in [4.78, 5) is 15.1. The van der Waals surface area contributed by atoms with E-state index in [4.69, 9.17) is 0 Å². The molecule has 0 aromatic heterocycles. The number of allylic oxidation sites excluding steroid dienone is 2. The second-order valence-corrected chi connectivity index (χ2v) is 9.00. The molecule has 30 heavy (non-hydrogen) atoms. The molecule has 5 nitrogen and oxygen atoms in total. The zero-order valence-electron chi connectivity index (χ0n) is 17.2. The molecule has 5 rings (SSSR count). The Morgan fingerprint density at radius 3 is 2.63 bits per heavy atom. The van der Waals surface area contributed by atoms with Crippen molar-refractivity contribution in [3.05, 3.63) is 65.2 Å². The summed E-state index contributed by atoms with van der Waals surface area (Å²) in [5.74, 6) is 1.44. The van der Waals surface area contributed by atoms with Gasteiger partial charge in [-0.1, -0.05) is 19.1 Å². The molecule has 2 aromatic carbocycles. The smallest absolute Gasteiger partial charge is 0.253 e. The summed E-state index contributed by atoms with van der Waals surface area (Å²) >= 11 is 0. The summed E-state index contributed by atoms with van der Waals surface area (Å²) in [6.45, 7) is 3.92. The Balaban J connectivity index is 1.46. The molecule has 2 heterocycles. The van der Waals surface area contributed by atoms with Crippen LogP contribution in [0.2, 0.25) is 0 Å². The van der Waals surface area contributed by atoms with Crippen LogP contribution in [0.5, 0.6) is 11.5 Å². The first-order valence-corrected chi connectivity index (χ1v) is 10.9. The Morgan fingerprint density at radius 2 is 1.87 bits per heavy atom. The van der Waals surface area contributed by atoms with E-state index >= 15 is 0 Å². The Labute approximate surface area is 177 Å². The number of hydrogen-bond acceptors (Lipinski definition) is 4. The van der Waals surface area contributed by atoms with Gasteiger partial charge in [-0.3, -0.25) is 4.79 Å². The third-order valence-electron chi connectivity index (χ3n) is 7.03. The quantitative estimate of drug-likeness (QED) is 0.629. The van der Waals surface area contributed by atoms with Crippen LogP contribution < -0.4 is 5.32 Å². The lowest BCUT2D eigenvalue weighted by Crippen LogP contribution is -2.38. The van der Waals surface area contributed by atoms with Gasteiger partial charge in [-0.15, -0.1) is 0 Å². The van der Waals surface area contributed by atoms with E-state index in [2.05, 4.69) is 30.5 Å². The molecule has 1 amide bonds. The number of phenols is 2. The maximum Gasteiger partial charge on any atom is 0.253 e. The van der Waals surface area contributed by atoms with Gasteiger partial charge in [0.1, 0.15) is 11.5 Å². The number of aromatic hydroxyl groups is 2. The molecule has 0 bridgehead atoms.